The molecule has 1 saturated heterocycles. The minimum Gasteiger partial charge on any atom is -0.383 e. The van der Waals surface area contributed by atoms with Crippen molar-refractivity contribution in [1.29, 1.82) is 0 Å². The van der Waals surface area contributed by atoms with Gasteiger partial charge in [0.05, 0.1) is 6.61 Å². The summed E-state index contributed by atoms with van der Waals surface area (Å²) in [7, 11) is 3.90. The summed E-state index contributed by atoms with van der Waals surface area (Å²) < 4.78 is 5.10. The first-order chi connectivity index (χ1) is 10.6. The van der Waals surface area contributed by atoms with Crippen LogP contribution in [0.3, 0.4) is 0 Å². The van der Waals surface area contributed by atoms with Crippen LogP contribution in [0.2, 0.25) is 0 Å². The number of guanidine groups is 1. The van der Waals surface area contributed by atoms with Crippen LogP contribution >= 0.6 is 35.3 Å². The number of nitrogens with zero attached hydrogens (tertiary/aromatic N) is 2. The number of thiophene rings is 1. The zero-order chi connectivity index (χ0) is 15.9. The van der Waals surface area contributed by atoms with Gasteiger partial charge in [0.1, 0.15) is 0 Å². The predicted octanol–water partition coefficient (Wildman–Crippen LogP) is 2.69. The van der Waals surface area contributed by atoms with Crippen molar-refractivity contribution < 1.29 is 4.74 Å². The molecule has 0 saturated carbocycles. The Bertz CT molecular complexity index is 469. The van der Waals surface area contributed by atoms with Crippen LogP contribution in [0.15, 0.2) is 22.5 Å². The van der Waals surface area contributed by atoms with Crippen molar-refractivity contribution in [3.05, 3.63) is 22.4 Å². The molecule has 132 valence electrons. The highest BCUT2D eigenvalue weighted by Crippen LogP contribution is 2.37. The lowest BCUT2D eigenvalue weighted by atomic mass is 9.88. The molecule has 1 aromatic rings. The standard InChI is InChI=1S/C16H28N4OS.HI/c1-12(11-21-3)19-16(17)18-10-13-6-4-8-20(2)15(13)14-7-5-9-22-14;/h5,7,9,12-13,15H,4,6,8,10-11H2,1-3H3,(H3,17,18,19);1H. The lowest BCUT2D eigenvalue weighted by Gasteiger charge is -2.38. The number of halogens is 1. The van der Waals surface area contributed by atoms with Crippen molar-refractivity contribution in [3.63, 3.8) is 0 Å². The molecule has 3 atom stereocenters. The molecular formula is C16H29IN4OS. The largest absolute Gasteiger partial charge is 0.383 e. The maximum Gasteiger partial charge on any atom is 0.188 e. The molecule has 3 unspecified atom stereocenters. The molecule has 7 heteroatoms. The van der Waals surface area contributed by atoms with Crippen LogP contribution in [0, 0.1) is 5.92 Å². The lowest BCUT2D eigenvalue weighted by molar-refractivity contribution is 0.128. The highest BCUT2D eigenvalue weighted by atomic mass is 127. The second-order valence-corrected chi connectivity index (χ2v) is 7.05. The van der Waals surface area contributed by atoms with Gasteiger partial charge in [-0.1, -0.05) is 6.07 Å². The fraction of sp³-hybridized carbons (Fsp3) is 0.688. The third-order valence-corrected chi connectivity index (χ3v) is 5.09. The summed E-state index contributed by atoms with van der Waals surface area (Å²) in [6.07, 6.45) is 2.43. The van der Waals surface area contributed by atoms with E-state index in [1.54, 1.807) is 7.11 Å². The molecule has 0 radical (unpaired) electrons. The maximum absolute atomic E-state index is 5.99. The SMILES string of the molecule is COCC(C)NC(N)=NCC1CCCN(C)C1c1cccs1.I. The summed E-state index contributed by atoms with van der Waals surface area (Å²) in [4.78, 5) is 8.45. The Labute approximate surface area is 160 Å². The summed E-state index contributed by atoms with van der Waals surface area (Å²) in [6, 6.07) is 5.00. The molecular weight excluding hydrogens is 423 g/mol. The van der Waals surface area contributed by atoms with E-state index in [1.165, 1.54) is 17.7 Å². The number of nitrogens with two attached hydrogens (primary N) is 1. The van der Waals surface area contributed by atoms with E-state index in [4.69, 9.17) is 10.5 Å². The number of aliphatic imine (C=N–C) groups is 1. The number of rotatable bonds is 6. The van der Waals surface area contributed by atoms with E-state index < -0.39 is 0 Å². The van der Waals surface area contributed by atoms with E-state index in [9.17, 15) is 0 Å². The third kappa shape index (κ3) is 6.21. The molecule has 3 N–H and O–H groups in total. The molecule has 2 rings (SSSR count). The molecule has 1 fully saturated rings. The zero-order valence-corrected chi connectivity index (χ0v) is 17.3. The van der Waals surface area contributed by atoms with Gasteiger partial charge in [-0.2, -0.15) is 0 Å². The van der Waals surface area contributed by atoms with Gasteiger partial charge in [0.15, 0.2) is 5.96 Å². The average molecular weight is 452 g/mol. The molecule has 5 nitrogen and oxygen atoms in total. The van der Waals surface area contributed by atoms with Crippen molar-refractivity contribution in [2.75, 3.05) is 33.9 Å². The fourth-order valence-corrected chi connectivity index (χ4v) is 4.15. The predicted molar refractivity (Wildman–Crippen MR) is 109 cm³/mol. The second-order valence-electron chi connectivity index (χ2n) is 6.07. The van der Waals surface area contributed by atoms with Crippen LogP contribution in [-0.4, -0.2) is 50.8 Å². The highest BCUT2D eigenvalue weighted by Gasteiger charge is 2.30. The van der Waals surface area contributed by atoms with Gasteiger partial charge < -0.3 is 15.8 Å². The van der Waals surface area contributed by atoms with Crippen LogP contribution in [-0.2, 0) is 4.74 Å². The molecule has 1 aliphatic heterocycles. The monoisotopic (exact) mass is 452 g/mol. The Morgan fingerprint density at radius 2 is 2.39 bits per heavy atom. The molecule has 0 bridgehead atoms. The fourth-order valence-electron chi connectivity index (χ4n) is 3.17. The number of piperidine rings is 1. The number of likely N-dealkylation sites (tertiary alicyclic amines) is 1. The number of nitrogens with one attached hydrogen (secondary N) is 1. The highest BCUT2D eigenvalue weighted by molar-refractivity contribution is 14.0. The first-order valence-corrected chi connectivity index (χ1v) is 8.78. The van der Waals surface area contributed by atoms with Gasteiger partial charge >= 0.3 is 0 Å². The van der Waals surface area contributed by atoms with Gasteiger partial charge in [0.2, 0.25) is 0 Å². The maximum atomic E-state index is 5.99. The Hall–Kier alpha value is -0.380. The molecule has 1 aromatic heterocycles. The number of ether oxygens (including phenoxy) is 1. The Kier molecular flexibility index (Phi) is 9.41. The van der Waals surface area contributed by atoms with E-state index in [1.807, 2.05) is 18.3 Å². The van der Waals surface area contributed by atoms with Crippen LogP contribution in [0.4, 0.5) is 0 Å². The van der Waals surface area contributed by atoms with Crippen LogP contribution < -0.4 is 11.1 Å². The Morgan fingerprint density at radius 3 is 3.04 bits per heavy atom. The number of methoxy groups -OCH3 is 1. The van der Waals surface area contributed by atoms with E-state index >= 15 is 0 Å². The molecule has 2 heterocycles. The quantitative estimate of drug-likeness (QED) is 0.396. The smallest absolute Gasteiger partial charge is 0.188 e. The Balaban J connectivity index is 0.00000264. The number of hydrogen-bond donors (Lipinski definition) is 2. The first kappa shape index (κ1) is 20.7. The van der Waals surface area contributed by atoms with Gasteiger partial charge in [0.25, 0.3) is 0 Å². The second kappa shape index (κ2) is 10.5. The minimum absolute atomic E-state index is 0. The van der Waals surface area contributed by atoms with Crippen molar-refractivity contribution in [2.45, 2.75) is 31.8 Å². The van der Waals surface area contributed by atoms with Gasteiger partial charge in [-0.3, -0.25) is 9.89 Å². The van der Waals surface area contributed by atoms with E-state index in [2.05, 4.69) is 39.8 Å². The summed E-state index contributed by atoms with van der Waals surface area (Å²) in [5.41, 5.74) is 5.99. The molecule has 1 aliphatic rings. The third-order valence-electron chi connectivity index (χ3n) is 4.15. The van der Waals surface area contributed by atoms with Gasteiger partial charge in [-0.15, -0.1) is 35.3 Å². The van der Waals surface area contributed by atoms with Gasteiger partial charge in [-0.05, 0) is 50.7 Å². The molecule has 0 aromatic carbocycles. The molecule has 23 heavy (non-hydrogen) atoms. The van der Waals surface area contributed by atoms with Gasteiger partial charge in [-0.25, -0.2) is 0 Å². The van der Waals surface area contributed by atoms with Crippen molar-refractivity contribution in [1.82, 2.24) is 10.2 Å². The molecule has 0 amide bonds. The van der Waals surface area contributed by atoms with Gasteiger partial charge in [0, 0.05) is 30.6 Å². The minimum atomic E-state index is 0. The average Bonchev–Trinajstić information content (AvgIpc) is 2.99. The Morgan fingerprint density at radius 1 is 1.61 bits per heavy atom. The summed E-state index contributed by atoms with van der Waals surface area (Å²) in [6.45, 7) is 4.59. The van der Waals surface area contributed by atoms with Crippen molar-refractivity contribution in [2.24, 2.45) is 16.6 Å². The van der Waals surface area contributed by atoms with E-state index in [-0.39, 0.29) is 30.0 Å². The van der Waals surface area contributed by atoms with Crippen molar-refractivity contribution in [3.8, 4) is 0 Å². The molecule has 0 aliphatic carbocycles. The summed E-state index contributed by atoms with van der Waals surface area (Å²) in [5, 5.41) is 5.33. The van der Waals surface area contributed by atoms with Crippen LogP contribution in [0.1, 0.15) is 30.7 Å². The number of hydrogen-bond acceptors (Lipinski definition) is 4. The topological polar surface area (TPSA) is 62.9 Å². The first-order valence-electron chi connectivity index (χ1n) is 7.91. The van der Waals surface area contributed by atoms with E-state index in [0.29, 0.717) is 24.5 Å². The van der Waals surface area contributed by atoms with Crippen molar-refractivity contribution >= 4 is 41.3 Å². The normalized spacial score (nSPS) is 24.0. The van der Waals surface area contributed by atoms with E-state index in [0.717, 1.165) is 13.1 Å². The molecule has 0 spiro atoms. The zero-order valence-electron chi connectivity index (χ0n) is 14.2. The van der Waals surface area contributed by atoms with Crippen LogP contribution in [0.5, 0.6) is 0 Å². The lowest BCUT2D eigenvalue weighted by Crippen LogP contribution is -2.42. The van der Waals surface area contributed by atoms with Crippen LogP contribution in [0.25, 0.3) is 0 Å². The summed E-state index contributed by atoms with van der Waals surface area (Å²) in [5.74, 6) is 1.04. The summed E-state index contributed by atoms with van der Waals surface area (Å²) >= 11 is 1.83.